The molecule has 0 aromatic rings. The fraction of sp³-hybridized carbons (Fsp3) is 0.391. The maximum Gasteiger partial charge on any atom is 0.0146 e. The summed E-state index contributed by atoms with van der Waals surface area (Å²) in [5.41, 5.74) is 3.51. The fourth-order valence-electron chi connectivity index (χ4n) is 2.37. The van der Waals surface area contributed by atoms with Gasteiger partial charge in [0.1, 0.15) is 0 Å². The van der Waals surface area contributed by atoms with E-state index in [1.807, 2.05) is 25.2 Å². The third-order valence-corrected chi connectivity index (χ3v) is 4.09. The molecular formula is C23H35N. The summed E-state index contributed by atoms with van der Waals surface area (Å²) in [7, 11) is 0. The van der Waals surface area contributed by atoms with Gasteiger partial charge in [-0.1, -0.05) is 87.3 Å². The average molecular weight is 326 g/mol. The van der Waals surface area contributed by atoms with E-state index in [0.29, 0.717) is 11.8 Å². The van der Waals surface area contributed by atoms with Crippen LogP contribution >= 0.6 is 0 Å². The van der Waals surface area contributed by atoms with E-state index < -0.39 is 0 Å². The Labute approximate surface area is 149 Å². The highest BCUT2D eigenvalue weighted by Gasteiger charge is 2.14. The first-order valence-corrected chi connectivity index (χ1v) is 8.83. The van der Waals surface area contributed by atoms with Gasteiger partial charge < -0.3 is 5.32 Å². The maximum atomic E-state index is 4.32. The maximum absolute atomic E-state index is 4.32. The lowest BCUT2D eigenvalue weighted by atomic mass is 9.85. The molecule has 0 heterocycles. The molecule has 1 heteroatoms. The molecule has 1 nitrogen and oxygen atoms in total. The van der Waals surface area contributed by atoms with Crippen LogP contribution in [0.15, 0.2) is 85.2 Å². The van der Waals surface area contributed by atoms with Gasteiger partial charge in [-0.25, -0.2) is 0 Å². The summed E-state index contributed by atoms with van der Waals surface area (Å²) in [5, 5.41) is 3.17. The average Bonchev–Trinajstić information content (AvgIpc) is 2.59. The molecule has 0 aromatic carbocycles. The third kappa shape index (κ3) is 9.89. The Hall–Kier alpha value is -2.02. The molecule has 0 saturated carbocycles. The molecule has 2 atom stereocenters. The minimum Gasteiger partial charge on any atom is -0.391 e. The first-order valence-electron chi connectivity index (χ1n) is 8.83. The van der Waals surface area contributed by atoms with E-state index in [-0.39, 0.29) is 0 Å². The van der Waals surface area contributed by atoms with Crippen LogP contribution in [0.5, 0.6) is 0 Å². The Morgan fingerprint density at radius 2 is 1.88 bits per heavy atom. The summed E-state index contributed by atoms with van der Waals surface area (Å²) in [4.78, 5) is 0. The molecule has 0 aliphatic carbocycles. The summed E-state index contributed by atoms with van der Waals surface area (Å²) >= 11 is 0. The largest absolute Gasteiger partial charge is 0.391 e. The Bertz CT molecular complexity index is 514. The Morgan fingerprint density at radius 3 is 2.46 bits per heavy atom. The molecule has 0 rings (SSSR count). The second-order valence-corrected chi connectivity index (χ2v) is 6.12. The summed E-state index contributed by atoms with van der Waals surface area (Å²) < 4.78 is 0. The molecule has 0 amide bonds. The molecule has 24 heavy (non-hydrogen) atoms. The predicted octanol–water partition coefficient (Wildman–Crippen LogP) is 6.52. The molecule has 0 spiro atoms. The molecule has 0 aliphatic rings. The van der Waals surface area contributed by atoms with E-state index in [4.69, 9.17) is 0 Å². The van der Waals surface area contributed by atoms with Crippen molar-refractivity contribution in [3.63, 3.8) is 0 Å². The molecule has 132 valence electrons. The number of hydrogen-bond donors (Lipinski definition) is 1. The zero-order valence-corrected chi connectivity index (χ0v) is 16.0. The molecule has 2 unspecified atom stereocenters. The van der Waals surface area contributed by atoms with Gasteiger partial charge in [-0.15, -0.1) is 0 Å². The minimum absolute atomic E-state index is 0.350. The lowest BCUT2D eigenvalue weighted by Gasteiger charge is -2.21. The van der Waals surface area contributed by atoms with E-state index in [1.54, 1.807) is 6.20 Å². The van der Waals surface area contributed by atoms with Crippen LogP contribution in [0, 0.1) is 11.8 Å². The molecule has 0 radical (unpaired) electrons. The van der Waals surface area contributed by atoms with Gasteiger partial charge in [0.25, 0.3) is 0 Å². The summed E-state index contributed by atoms with van der Waals surface area (Å²) in [6.07, 6.45) is 18.5. The molecular weight excluding hydrogens is 290 g/mol. The second kappa shape index (κ2) is 13.4. The van der Waals surface area contributed by atoms with Gasteiger partial charge in [0.05, 0.1) is 0 Å². The lowest BCUT2D eigenvalue weighted by molar-refractivity contribution is 0.501. The van der Waals surface area contributed by atoms with Crippen LogP contribution in [0.2, 0.25) is 0 Å². The van der Waals surface area contributed by atoms with E-state index in [1.165, 1.54) is 11.1 Å². The first-order chi connectivity index (χ1) is 11.5. The summed E-state index contributed by atoms with van der Waals surface area (Å²) in [5.74, 6) is 0.885. The van der Waals surface area contributed by atoms with Crippen molar-refractivity contribution in [2.75, 3.05) is 6.54 Å². The number of rotatable bonds is 12. The van der Waals surface area contributed by atoms with Crippen molar-refractivity contribution in [3.05, 3.63) is 85.2 Å². The predicted molar refractivity (Wildman–Crippen MR) is 111 cm³/mol. The standard InChI is InChI=1S/C23H35N/c1-8-11-12-19(4)13-14-20(5)15-16-21(6)22(7)23(9-2)17-18-24-10-3/h8,10-16,21,23-24H,3,5,7,9,17-18H2,1-2,4,6H3/b11-8-,14-13+,16-15-,19-12+. The Kier molecular flexibility index (Phi) is 12.3. The molecule has 0 bridgehead atoms. The lowest BCUT2D eigenvalue weighted by Crippen LogP contribution is -2.15. The van der Waals surface area contributed by atoms with Gasteiger partial charge in [-0.3, -0.25) is 0 Å². The van der Waals surface area contributed by atoms with Gasteiger partial charge in [-0.2, -0.15) is 0 Å². The van der Waals surface area contributed by atoms with Crippen LogP contribution in [-0.2, 0) is 0 Å². The Morgan fingerprint density at radius 1 is 1.17 bits per heavy atom. The van der Waals surface area contributed by atoms with Crippen molar-refractivity contribution in [3.8, 4) is 0 Å². The summed E-state index contributed by atoms with van der Waals surface area (Å²) in [6, 6.07) is 0. The van der Waals surface area contributed by atoms with Gasteiger partial charge in [0.2, 0.25) is 0 Å². The minimum atomic E-state index is 0.350. The highest BCUT2D eigenvalue weighted by molar-refractivity contribution is 5.34. The number of hydrogen-bond acceptors (Lipinski definition) is 1. The van der Waals surface area contributed by atoms with Crippen LogP contribution in [0.3, 0.4) is 0 Å². The highest BCUT2D eigenvalue weighted by Crippen LogP contribution is 2.25. The second-order valence-electron chi connectivity index (χ2n) is 6.12. The molecule has 0 aromatic heterocycles. The van der Waals surface area contributed by atoms with Gasteiger partial charge in [0.15, 0.2) is 0 Å². The first kappa shape index (κ1) is 22.0. The van der Waals surface area contributed by atoms with Crippen molar-refractivity contribution < 1.29 is 0 Å². The monoisotopic (exact) mass is 325 g/mol. The summed E-state index contributed by atoms with van der Waals surface area (Å²) in [6.45, 7) is 21.6. The zero-order valence-electron chi connectivity index (χ0n) is 16.0. The van der Waals surface area contributed by atoms with Crippen molar-refractivity contribution in [2.45, 2.75) is 40.5 Å². The third-order valence-electron chi connectivity index (χ3n) is 4.09. The topological polar surface area (TPSA) is 12.0 Å². The van der Waals surface area contributed by atoms with Gasteiger partial charge in [-0.05, 0) is 50.3 Å². The van der Waals surface area contributed by atoms with Crippen LogP contribution in [0.4, 0.5) is 0 Å². The van der Waals surface area contributed by atoms with E-state index >= 15 is 0 Å². The smallest absolute Gasteiger partial charge is 0.0146 e. The fourth-order valence-corrected chi connectivity index (χ4v) is 2.37. The molecule has 0 fully saturated rings. The number of allylic oxidation sites excluding steroid dienone is 10. The van der Waals surface area contributed by atoms with E-state index in [2.05, 4.69) is 70.1 Å². The molecule has 0 aliphatic heterocycles. The van der Waals surface area contributed by atoms with Crippen LogP contribution < -0.4 is 5.32 Å². The van der Waals surface area contributed by atoms with Crippen LogP contribution in [-0.4, -0.2) is 6.54 Å². The number of nitrogens with one attached hydrogen (secondary N) is 1. The van der Waals surface area contributed by atoms with Crippen molar-refractivity contribution in [1.29, 1.82) is 0 Å². The molecule has 1 N–H and O–H groups in total. The van der Waals surface area contributed by atoms with Crippen molar-refractivity contribution >= 4 is 0 Å². The molecule has 0 saturated heterocycles. The normalized spacial score (nSPS) is 15.1. The highest BCUT2D eigenvalue weighted by atomic mass is 14.8. The quantitative estimate of drug-likeness (QED) is 0.245. The van der Waals surface area contributed by atoms with Crippen molar-refractivity contribution in [1.82, 2.24) is 5.32 Å². The Balaban J connectivity index is 4.60. The van der Waals surface area contributed by atoms with Gasteiger partial charge >= 0.3 is 0 Å². The SMILES string of the molecule is C=CNCCC(CC)C(=C)C(C)/C=C\C(=C)/C=C/C(C)=C/C=C\C. The van der Waals surface area contributed by atoms with E-state index in [0.717, 1.165) is 25.0 Å². The van der Waals surface area contributed by atoms with Crippen LogP contribution in [0.1, 0.15) is 40.5 Å². The van der Waals surface area contributed by atoms with Crippen LogP contribution in [0.25, 0.3) is 0 Å². The van der Waals surface area contributed by atoms with Gasteiger partial charge in [0, 0.05) is 6.54 Å². The zero-order chi connectivity index (χ0) is 18.4. The van der Waals surface area contributed by atoms with Crippen molar-refractivity contribution in [2.24, 2.45) is 11.8 Å². The van der Waals surface area contributed by atoms with E-state index in [9.17, 15) is 0 Å².